The number of unbranched alkanes of at least 4 members (excludes halogenated alkanes) is 8. The van der Waals surface area contributed by atoms with Gasteiger partial charge in [0.25, 0.3) is 0 Å². The summed E-state index contributed by atoms with van der Waals surface area (Å²) in [6.45, 7) is 14.4. The molecule has 6 heteroatoms. The Bertz CT molecular complexity index is 4860. The normalized spacial score (nSPS) is 14.5. The third-order valence-corrected chi connectivity index (χ3v) is 20.7. The van der Waals surface area contributed by atoms with Crippen molar-refractivity contribution in [3.05, 3.63) is 240 Å². The molecule has 3 aromatic heterocycles. The van der Waals surface area contributed by atoms with Gasteiger partial charge in [0.05, 0.1) is 0 Å². The molecule has 3 heterocycles. The maximum Gasteiger partial charge on any atom is 0.238 e. The first-order valence-electron chi connectivity index (χ1n) is 33.2. The molecule has 0 radical (unpaired) electrons. The van der Waals surface area contributed by atoms with E-state index in [2.05, 4.69) is 253 Å². The number of rotatable bonds is 18. The first kappa shape index (κ1) is 55.9. The molecule has 0 amide bonds. The summed E-state index contributed by atoms with van der Waals surface area (Å²) in [5.41, 5.74) is 24.6. The number of anilines is 3. The third kappa shape index (κ3) is 8.68. The van der Waals surface area contributed by atoms with Crippen molar-refractivity contribution in [2.45, 2.75) is 135 Å². The zero-order valence-electron chi connectivity index (χ0n) is 52.7. The van der Waals surface area contributed by atoms with E-state index < -0.39 is 5.41 Å². The molecule has 0 N–H and O–H groups in total. The minimum atomic E-state index is -0.439. The fourth-order valence-corrected chi connectivity index (χ4v) is 16.5. The Labute approximate surface area is 528 Å². The van der Waals surface area contributed by atoms with Crippen molar-refractivity contribution in [1.82, 2.24) is 15.0 Å². The number of para-hydroxylation sites is 2. The Morgan fingerprint density at radius 3 is 1.43 bits per heavy atom. The molecule has 0 saturated carbocycles. The Balaban J connectivity index is 0.969. The lowest BCUT2D eigenvalue weighted by Crippen LogP contribution is -2.26. The van der Waals surface area contributed by atoms with Crippen molar-refractivity contribution in [2.75, 3.05) is 4.90 Å². The number of nitrogens with zero attached hydrogens (tertiary/aromatic N) is 4. The second kappa shape index (κ2) is 22.0. The van der Waals surface area contributed by atoms with E-state index in [0.717, 1.165) is 86.9 Å². The lowest BCUT2D eigenvalue weighted by atomic mass is 9.70. The van der Waals surface area contributed by atoms with E-state index in [1.165, 1.54) is 134 Å². The van der Waals surface area contributed by atoms with Crippen LogP contribution in [0, 0.1) is 0 Å². The van der Waals surface area contributed by atoms with Crippen LogP contribution in [-0.4, -0.2) is 15.0 Å². The van der Waals surface area contributed by atoms with Crippen molar-refractivity contribution >= 4 is 61.2 Å². The van der Waals surface area contributed by atoms with Gasteiger partial charge in [-0.15, -0.1) is 0 Å². The summed E-state index contributed by atoms with van der Waals surface area (Å²) in [6, 6.07) is 75.3. The number of hydrogen-bond acceptors (Lipinski definition) is 6. The lowest BCUT2D eigenvalue weighted by molar-refractivity contribution is 0.399. The lowest BCUT2D eigenvalue weighted by Gasteiger charge is -2.34. The molecular formula is C84H76N4O2. The summed E-state index contributed by atoms with van der Waals surface area (Å²) < 4.78 is 14.2. The molecule has 6 nitrogen and oxygen atoms in total. The van der Waals surface area contributed by atoms with E-state index in [4.69, 9.17) is 23.8 Å². The van der Waals surface area contributed by atoms with Crippen molar-refractivity contribution in [3.8, 4) is 67.3 Å². The highest BCUT2D eigenvalue weighted by molar-refractivity contribution is 6.21. The smallest absolute Gasteiger partial charge is 0.238 e. The van der Waals surface area contributed by atoms with Gasteiger partial charge in [-0.05, 0) is 122 Å². The van der Waals surface area contributed by atoms with Crippen molar-refractivity contribution in [3.63, 3.8) is 0 Å². The van der Waals surface area contributed by atoms with Gasteiger partial charge in [0.15, 0.2) is 11.6 Å². The SMILES string of the molecule is CCCCCCCC1(CCCCCCC)c2cc(N(c3ccc4c(c3)C(C)(C)c3c5c(c6oc7ccccc7c6c3-4)-c3ccccc3C5(C)C)c3nc(-c4ccccc4)nc(-c4ccccc4)n3)ccc2-c2c1cc(-c1ccccc1)c1oc3ccccc3c21. The average molecular weight is 1170 g/mol. The van der Waals surface area contributed by atoms with Crippen LogP contribution < -0.4 is 4.90 Å². The summed E-state index contributed by atoms with van der Waals surface area (Å²) in [7, 11) is 0. The van der Waals surface area contributed by atoms with Gasteiger partial charge in [0.2, 0.25) is 5.95 Å². The minimum Gasteiger partial charge on any atom is -0.455 e. The third-order valence-electron chi connectivity index (χ3n) is 20.7. The molecule has 0 aliphatic heterocycles. The first-order valence-corrected chi connectivity index (χ1v) is 33.2. The summed E-state index contributed by atoms with van der Waals surface area (Å²) in [5.74, 6) is 1.80. The highest BCUT2D eigenvalue weighted by Gasteiger charge is 2.50. The number of hydrogen-bond donors (Lipinski definition) is 0. The molecule has 13 aromatic rings. The topological polar surface area (TPSA) is 68.2 Å². The van der Waals surface area contributed by atoms with Gasteiger partial charge in [-0.1, -0.05) is 270 Å². The van der Waals surface area contributed by atoms with Crippen LogP contribution in [0.2, 0.25) is 0 Å². The van der Waals surface area contributed by atoms with Crippen molar-refractivity contribution in [2.24, 2.45) is 0 Å². The predicted molar refractivity (Wildman–Crippen MR) is 373 cm³/mol. The Hall–Kier alpha value is -9.39. The summed E-state index contributed by atoms with van der Waals surface area (Å²) in [4.78, 5) is 18.9. The van der Waals surface area contributed by atoms with Gasteiger partial charge >= 0.3 is 0 Å². The Morgan fingerprint density at radius 2 is 0.833 bits per heavy atom. The molecule has 3 aliphatic carbocycles. The molecule has 90 heavy (non-hydrogen) atoms. The molecule has 3 aliphatic rings. The molecule has 0 unspecified atom stereocenters. The van der Waals surface area contributed by atoms with E-state index in [0.29, 0.717) is 17.6 Å². The maximum atomic E-state index is 7.12. The molecule has 0 atom stereocenters. The maximum absolute atomic E-state index is 7.12. The van der Waals surface area contributed by atoms with Crippen LogP contribution in [-0.2, 0) is 16.2 Å². The minimum absolute atomic E-state index is 0.291. The van der Waals surface area contributed by atoms with Crippen LogP contribution in [0.4, 0.5) is 17.3 Å². The van der Waals surface area contributed by atoms with Gasteiger partial charge < -0.3 is 8.83 Å². The van der Waals surface area contributed by atoms with Gasteiger partial charge in [-0.3, -0.25) is 4.90 Å². The molecule has 0 fully saturated rings. The number of furan rings is 2. The van der Waals surface area contributed by atoms with Gasteiger partial charge in [0, 0.05) is 71.4 Å². The largest absolute Gasteiger partial charge is 0.455 e. The highest BCUT2D eigenvalue weighted by atomic mass is 16.3. The quantitative estimate of drug-likeness (QED) is 0.0798. The predicted octanol–water partition coefficient (Wildman–Crippen LogP) is 23.7. The van der Waals surface area contributed by atoms with Crippen LogP contribution in [0.25, 0.3) is 111 Å². The second-order valence-corrected chi connectivity index (χ2v) is 26.8. The Kier molecular flexibility index (Phi) is 13.6. The van der Waals surface area contributed by atoms with E-state index >= 15 is 0 Å². The fraction of sp³-hybridized carbons (Fsp3) is 0.250. The van der Waals surface area contributed by atoms with Crippen LogP contribution >= 0.6 is 0 Å². The van der Waals surface area contributed by atoms with Crippen LogP contribution in [0.1, 0.15) is 152 Å². The average Bonchev–Trinajstić information content (AvgIpc) is 1.52. The van der Waals surface area contributed by atoms with E-state index in [9.17, 15) is 0 Å². The van der Waals surface area contributed by atoms with Crippen LogP contribution in [0.5, 0.6) is 0 Å². The summed E-state index contributed by atoms with van der Waals surface area (Å²) in [5, 5.41) is 4.70. The molecule has 0 spiro atoms. The monoisotopic (exact) mass is 1170 g/mol. The van der Waals surface area contributed by atoms with Gasteiger partial charge in [0.1, 0.15) is 22.3 Å². The number of aromatic nitrogens is 3. The van der Waals surface area contributed by atoms with E-state index in [1.54, 1.807) is 0 Å². The highest BCUT2D eigenvalue weighted by Crippen LogP contribution is 2.65. The van der Waals surface area contributed by atoms with Crippen LogP contribution in [0.3, 0.4) is 0 Å². The van der Waals surface area contributed by atoms with Crippen molar-refractivity contribution < 1.29 is 8.83 Å². The van der Waals surface area contributed by atoms with Gasteiger partial charge in [-0.25, -0.2) is 4.98 Å². The molecule has 0 saturated heterocycles. The zero-order valence-corrected chi connectivity index (χ0v) is 52.7. The molecule has 0 bridgehead atoms. The first-order chi connectivity index (χ1) is 44.1. The second-order valence-electron chi connectivity index (χ2n) is 26.8. The molecular weight excluding hydrogens is 1100 g/mol. The summed E-state index contributed by atoms with van der Waals surface area (Å²) >= 11 is 0. The number of benzene rings is 10. The standard InChI is InChI=1S/C84H76N4O2/c1-7-9-11-13-30-48-84(49-31-14-12-10-8-2)66-51-57(45-47-60(66)70-67(84)52-63(53-32-18-15-19-33-53)77-72(70)61-39-25-28-42-68(61)89-77)88(81-86-79(54-34-20-16-21-35-54)85-80(87-81)55-36-22-17-23-37-55)56-44-46-59-65(50-56)83(5,6)75-71(59)73-62-40-26-29-43-69(62)90-78(73)74-58-38-24-27-41-64(58)82(3,4)76(74)75/h15-29,32-47,50-52H,7-14,30-31,48-49H2,1-6H3. The molecule has 444 valence electrons. The van der Waals surface area contributed by atoms with E-state index in [-0.39, 0.29) is 10.8 Å². The van der Waals surface area contributed by atoms with E-state index in [1.807, 2.05) is 0 Å². The summed E-state index contributed by atoms with van der Waals surface area (Å²) in [6.07, 6.45) is 14.1. The van der Waals surface area contributed by atoms with Crippen LogP contribution in [0.15, 0.2) is 215 Å². The Morgan fingerprint density at radius 1 is 0.367 bits per heavy atom. The van der Waals surface area contributed by atoms with Crippen molar-refractivity contribution in [1.29, 1.82) is 0 Å². The zero-order chi connectivity index (χ0) is 60.9. The molecule has 16 rings (SSSR count). The van der Waals surface area contributed by atoms with Gasteiger partial charge in [-0.2, -0.15) is 9.97 Å². The molecule has 10 aromatic carbocycles. The number of fused-ring (bicyclic) bond motifs is 19. The fourth-order valence-electron chi connectivity index (χ4n) is 16.5.